The van der Waals surface area contributed by atoms with Gasteiger partial charge in [0, 0.05) is 39.1 Å². The number of aliphatic imine (C=N–C) groups is 1. The predicted octanol–water partition coefficient (Wildman–Crippen LogP) is 1.62. The van der Waals surface area contributed by atoms with E-state index in [2.05, 4.69) is 27.1 Å². The Balaban J connectivity index is 3.97. The second-order valence-electron chi connectivity index (χ2n) is 5.83. The lowest BCUT2D eigenvalue weighted by atomic mass is 9.96. The van der Waals surface area contributed by atoms with Crippen molar-refractivity contribution in [2.45, 2.75) is 33.6 Å². The molecule has 116 valence electrons. The van der Waals surface area contributed by atoms with E-state index < -0.39 is 0 Å². The molecule has 0 radical (unpaired) electrons. The van der Waals surface area contributed by atoms with Crippen LogP contribution in [0.4, 0.5) is 0 Å². The summed E-state index contributed by atoms with van der Waals surface area (Å²) in [5, 5.41) is 6.14. The molecule has 0 aliphatic heterocycles. The van der Waals surface area contributed by atoms with Gasteiger partial charge in [0.2, 0.25) is 5.91 Å². The van der Waals surface area contributed by atoms with E-state index in [1.165, 1.54) is 0 Å². The highest BCUT2D eigenvalue weighted by Crippen LogP contribution is 2.11. The van der Waals surface area contributed by atoms with Crippen LogP contribution in [-0.2, 0) is 4.79 Å². The average molecular weight is 282 g/mol. The van der Waals surface area contributed by atoms with E-state index in [4.69, 9.17) is 0 Å². The summed E-state index contributed by atoms with van der Waals surface area (Å²) in [5.74, 6) is 0.910. The van der Waals surface area contributed by atoms with Gasteiger partial charge in [-0.3, -0.25) is 9.79 Å². The maximum atomic E-state index is 11.7. The van der Waals surface area contributed by atoms with Gasteiger partial charge in [0.25, 0.3) is 0 Å². The van der Waals surface area contributed by atoms with Gasteiger partial charge in [0.1, 0.15) is 0 Å². The number of amides is 1. The Morgan fingerprint density at radius 3 is 2.40 bits per heavy atom. The van der Waals surface area contributed by atoms with Crippen molar-refractivity contribution in [1.82, 2.24) is 15.5 Å². The Labute approximate surface area is 123 Å². The van der Waals surface area contributed by atoms with E-state index in [0.717, 1.165) is 25.3 Å². The highest BCUT2D eigenvalue weighted by Gasteiger charge is 2.20. The van der Waals surface area contributed by atoms with Crippen LogP contribution in [0.1, 0.15) is 33.6 Å². The molecular weight excluding hydrogens is 252 g/mol. The Bertz CT molecular complexity index is 331. The van der Waals surface area contributed by atoms with Crippen molar-refractivity contribution in [3.05, 3.63) is 12.7 Å². The molecule has 20 heavy (non-hydrogen) atoms. The molecule has 5 nitrogen and oxygen atoms in total. The summed E-state index contributed by atoms with van der Waals surface area (Å²) in [4.78, 5) is 18.0. The van der Waals surface area contributed by atoms with Crippen LogP contribution in [-0.4, -0.2) is 50.5 Å². The van der Waals surface area contributed by atoms with Gasteiger partial charge in [-0.1, -0.05) is 26.8 Å². The molecule has 0 rings (SSSR count). The Hall–Kier alpha value is -1.52. The molecule has 0 atom stereocenters. The fraction of sp³-hybridized carbons (Fsp3) is 0.733. The molecule has 0 aromatic rings. The normalized spacial score (nSPS) is 11.9. The summed E-state index contributed by atoms with van der Waals surface area (Å²) >= 11 is 0. The van der Waals surface area contributed by atoms with Crippen molar-refractivity contribution in [3.8, 4) is 0 Å². The molecule has 0 spiro atoms. The van der Waals surface area contributed by atoms with Gasteiger partial charge in [-0.2, -0.15) is 0 Å². The fourth-order valence-corrected chi connectivity index (χ4v) is 1.58. The summed E-state index contributed by atoms with van der Waals surface area (Å²) in [5.41, 5.74) is -0.344. The summed E-state index contributed by atoms with van der Waals surface area (Å²) in [7, 11) is 3.77. The fourth-order valence-electron chi connectivity index (χ4n) is 1.58. The van der Waals surface area contributed by atoms with Crippen molar-refractivity contribution >= 4 is 11.9 Å². The first-order valence-corrected chi connectivity index (χ1v) is 7.14. The van der Waals surface area contributed by atoms with Crippen LogP contribution >= 0.6 is 0 Å². The van der Waals surface area contributed by atoms with Crippen LogP contribution in [0.2, 0.25) is 0 Å². The smallest absolute Gasteiger partial charge is 0.225 e. The zero-order chi connectivity index (χ0) is 15.6. The monoisotopic (exact) mass is 282 g/mol. The number of hydrogen-bond acceptors (Lipinski definition) is 2. The van der Waals surface area contributed by atoms with Crippen LogP contribution in [0.5, 0.6) is 0 Å². The van der Waals surface area contributed by atoms with Gasteiger partial charge in [0.15, 0.2) is 5.96 Å². The van der Waals surface area contributed by atoms with Gasteiger partial charge in [-0.15, -0.1) is 6.58 Å². The number of carbonyl (C=O) groups excluding carboxylic acids is 1. The van der Waals surface area contributed by atoms with Crippen molar-refractivity contribution in [2.75, 3.05) is 33.7 Å². The molecule has 0 heterocycles. The molecule has 0 saturated carbocycles. The molecule has 0 aromatic carbocycles. The third kappa shape index (κ3) is 7.81. The number of carbonyl (C=O) groups is 1. The topological polar surface area (TPSA) is 56.7 Å². The molecule has 0 fully saturated rings. The maximum absolute atomic E-state index is 11.7. The first-order chi connectivity index (χ1) is 9.32. The number of rotatable bonds is 7. The van der Waals surface area contributed by atoms with Crippen LogP contribution < -0.4 is 10.6 Å². The minimum absolute atomic E-state index is 0.0635. The molecule has 1 amide bonds. The Morgan fingerprint density at radius 1 is 1.30 bits per heavy atom. The van der Waals surface area contributed by atoms with Crippen molar-refractivity contribution in [2.24, 2.45) is 10.4 Å². The van der Waals surface area contributed by atoms with E-state index >= 15 is 0 Å². The SMILES string of the molecule is C=CCCCN(C)C(=NC)NCCNC(=O)C(C)(C)C. The number of nitrogens with one attached hydrogen (secondary N) is 2. The Morgan fingerprint density at radius 2 is 1.90 bits per heavy atom. The molecule has 2 N–H and O–H groups in total. The number of guanidine groups is 1. The van der Waals surface area contributed by atoms with Gasteiger partial charge < -0.3 is 15.5 Å². The van der Waals surface area contributed by atoms with Gasteiger partial charge in [-0.05, 0) is 12.8 Å². The molecule has 0 aliphatic rings. The van der Waals surface area contributed by atoms with Crippen LogP contribution in [0.15, 0.2) is 17.6 Å². The quantitative estimate of drug-likeness (QED) is 0.323. The number of unbranched alkanes of at least 4 members (excludes halogenated alkanes) is 1. The van der Waals surface area contributed by atoms with Crippen molar-refractivity contribution in [3.63, 3.8) is 0 Å². The number of allylic oxidation sites excluding steroid dienone is 1. The highest BCUT2D eigenvalue weighted by molar-refractivity contribution is 5.81. The first-order valence-electron chi connectivity index (χ1n) is 7.14. The van der Waals surface area contributed by atoms with Gasteiger partial charge in [0.05, 0.1) is 0 Å². The molecular formula is C15H30N4O. The number of nitrogens with zero attached hydrogens (tertiary/aromatic N) is 2. The van der Waals surface area contributed by atoms with E-state index in [9.17, 15) is 4.79 Å². The molecule has 0 unspecified atom stereocenters. The van der Waals surface area contributed by atoms with Crippen molar-refractivity contribution in [1.29, 1.82) is 0 Å². The second-order valence-corrected chi connectivity index (χ2v) is 5.83. The van der Waals surface area contributed by atoms with Crippen molar-refractivity contribution < 1.29 is 4.79 Å². The van der Waals surface area contributed by atoms with E-state index in [1.807, 2.05) is 33.9 Å². The standard InChI is InChI=1S/C15H30N4O/c1-7-8-9-12-19(6)14(16-5)18-11-10-17-13(20)15(2,3)4/h7H,1,8-12H2,2-6H3,(H,16,18)(H,17,20). The van der Waals surface area contributed by atoms with Crippen LogP contribution in [0.25, 0.3) is 0 Å². The Kier molecular flexibility index (Phi) is 8.68. The average Bonchev–Trinajstić information content (AvgIpc) is 2.37. The third-order valence-corrected chi connectivity index (χ3v) is 2.85. The third-order valence-electron chi connectivity index (χ3n) is 2.85. The van der Waals surface area contributed by atoms with E-state index in [0.29, 0.717) is 13.1 Å². The first kappa shape index (κ1) is 18.5. The highest BCUT2D eigenvalue weighted by atomic mass is 16.2. The van der Waals surface area contributed by atoms with Crippen LogP contribution in [0.3, 0.4) is 0 Å². The summed E-state index contributed by atoms with van der Waals surface area (Å²) < 4.78 is 0. The second kappa shape index (κ2) is 9.39. The lowest BCUT2D eigenvalue weighted by molar-refractivity contribution is -0.128. The lowest BCUT2D eigenvalue weighted by Gasteiger charge is -2.22. The summed E-state index contributed by atoms with van der Waals surface area (Å²) in [6, 6.07) is 0. The van der Waals surface area contributed by atoms with Gasteiger partial charge in [-0.25, -0.2) is 0 Å². The summed E-state index contributed by atoms with van der Waals surface area (Å²) in [6.07, 6.45) is 3.98. The van der Waals surface area contributed by atoms with E-state index in [1.54, 1.807) is 7.05 Å². The molecule has 5 heteroatoms. The summed E-state index contributed by atoms with van der Waals surface area (Å²) in [6.45, 7) is 11.6. The minimum Gasteiger partial charge on any atom is -0.354 e. The molecule has 0 bridgehead atoms. The number of hydrogen-bond donors (Lipinski definition) is 2. The van der Waals surface area contributed by atoms with E-state index in [-0.39, 0.29) is 11.3 Å². The maximum Gasteiger partial charge on any atom is 0.225 e. The molecule has 0 saturated heterocycles. The van der Waals surface area contributed by atoms with Gasteiger partial charge >= 0.3 is 0 Å². The molecule has 0 aromatic heterocycles. The predicted molar refractivity (Wildman–Crippen MR) is 85.9 cm³/mol. The zero-order valence-corrected chi connectivity index (χ0v) is 13.6. The lowest BCUT2D eigenvalue weighted by Crippen LogP contribution is -2.44. The van der Waals surface area contributed by atoms with Crippen LogP contribution in [0, 0.1) is 5.41 Å². The molecule has 0 aliphatic carbocycles. The largest absolute Gasteiger partial charge is 0.354 e. The minimum atomic E-state index is -0.344. The zero-order valence-electron chi connectivity index (χ0n) is 13.6.